The summed E-state index contributed by atoms with van der Waals surface area (Å²) in [5.41, 5.74) is 2.89. The average molecular weight is 558 g/mol. The summed E-state index contributed by atoms with van der Waals surface area (Å²) in [5, 5.41) is 10.3. The summed E-state index contributed by atoms with van der Waals surface area (Å²) in [4.78, 5) is 39.7. The van der Waals surface area contributed by atoms with Gasteiger partial charge in [0.15, 0.2) is 0 Å². The second kappa shape index (κ2) is 13.9. The van der Waals surface area contributed by atoms with Crippen LogP contribution in [0.2, 0.25) is 0 Å². The van der Waals surface area contributed by atoms with Crippen LogP contribution in [0.25, 0.3) is 16.9 Å². The van der Waals surface area contributed by atoms with E-state index in [1.54, 1.807) is 49.4 Å². The molecule has 0 bridgehead atoms. The van der Waals surface area contributed by atoms with Crippen molar-refractivity contribution in [1.29, 1.82) is 0 Å². The van der Waals surface area contributed by atoms with Crippen molar-refractivity contribution >= 4 is 29.4 Å². The molecular weight excluding hydrogens is 525 g/mol. The van der Waals surface area contributed by atoms with Gasteiger partial charge in [-0.25, -0.2) is 18.7 Å². The highest BCUT2D eigenvalue weighted by Crippen LogP contribution is 2.25. The lowest BCUT2D eigenvalue weighted by molar-refractivity contribution is -0.116. The van der Waals surface area contributed by atoms with E-state index in [1.165, 1.54) is 21.7 Å². The quantitative estimate of drug-likeness (QED) is 0.216. The fourth-order valence-corrected chi connectivity index (χ4v) is 4.06. The average Bonchev–Trinajstić information content (AvgIpc) is 3.40. The Hall–Kier alpha value is -4.99. The summed E-state index contributed by atoms with van der Waals surface area (Å²) in [6.45, 7) is 4.15. The smallest absolute Gasteiger partial charge is 0.338 e. The summed E-state index contributed by atoms with van der Waals surface area (Å²) < 4.78 is 20.1. The molecule has 4 aromatic rings. The SMILES string of the molecule is CCCCN(CC(=O)Nc1cc(-c2ccccc2)nn1-c1ccc(F)cc1)C(=O)Nc1ccc(C(=O)OCC)cc1. The van der Waals surface area contributed by atoms with E-state index in [-0.39, 0.29) is 19.0 Å². The normalized spacial score (nSPS) is 10.6. The van der Waals surface area contributed by atoms with Crippen molar-refractivity contribution in [3.63, 3.8) is 0 Å². The number of anilines is 2. The lowest BCUT2D eigenvalue weighted by atomic mass is 10.1. The molecule has 0 radical (unpaired) electrons. The van der Waals surface area contributed by atoms with Crippen LogP contribution in [-0.4, -0.2) is 52.3 Å². The number of halogens is 1. The molecule has 3 aromatic carbocycles. The van der Waals surface area contributed by atoms with Crippen LogP contribution in [-0.2, 0) is 9.53 Å². The number of nitrogens with one attached hydrogen (secondary N) is 2. The molecule has 9 nitrogen and oxygen atoms in total. The van der Waals surface area contributed by atoms with Crippen LogP contribution in [0.5, 0.6) is 0 Å². The van der Waals surface area contributed by atoms with Crippen LogP contribution in [0, 0.1) is 5.82 Å². The predicted octanol–water partition coefficient (Wildman–Crippen LogP) is 6.13. The van der Waals surface area contributed by atoms with Crippen molar-refractivity contribution in [3.05, 3.63) is 96.3 Å². The van der Waals surface area contributed by atoms with E-state index in [0.29, 0.717) is 41.4 Å². The minimum atomic E-state index is -0.450. The summed E-state index contributed by atoms with van der Waals surface area (Å²) >= 11 is 0. The van der Waals surface area contributed by atoms with Gasteiger partial charge >= 0.3 is 12.0 Å². The molecule has 2 N–H and O–H groups in total. The van der Waals surface area contributed by atoms with Crippen molar-refractivity contribution in [2.45, 2.75) is 26.7 Å². The van der Waals surface area contributed by atoms with Crippen molar-refractivity contribution in [3.8, 4) is 16.9 Å². The highest BCUT2D eigenvalue weighted by molar-refractivity contribution is 5.97. The summed E-state index contributed by atoms with van der Waals surface area (Å²) in [6.07, 6.45) is 1.53. The van der Waals surface area contributed by atoms with Crippen molar-refractivity contribution in [2.75, 3.05) is 30.3 Å². The molecule has 0 saturated carbocycles. The molecule has 10 heteroatoms. The number of hydrogen-bond donors (Lipinski definition) is 2. The number of nitrogens with zero attached hydrogens (tertiary/aromatic N) is 3. The van der Waals surface area contributed by atoms with Gasteiger partial charge in [-0.05, 0) is 61.9 Å². The van der Waals surface area contributed by atoms with Gasteiger partial charge in [-0.1, -0.05) is 43.7 Å². The number of rotatable bonds is 11. The Morgan fingerprint density at radius 1 is 0.927 bits per heavy atom. The second-order valence-electron chi connectivity index (χ2n) is 9.22. The van der Waals surface area contributed by atoms with Crippen LogP contribution in [0.1, 0.15) is 37.0 Å². The number of esters is 1. The second-order valence-corrected chi connectivity index (χ2v) is 9.22. The Kier molecular flexibility index (Phi) is 9.82. The Labute approximate surface area is 237 Å². The van der Waals surface area contributed by atoms with Crippen molar-refractivity contribution < 1.29 is 23.5 Å². The number of urea groups is 1. The number of hydrogen-bond acceptors (Lipinski definition) is 5. The zero-order chi connectivity index (χ0) is 29.2. The highest BCUT2D eigenvalue weighted by Gasteiger charge is 2.20. The Balaban J connectivity index is 1.50. The van der Waals surface area contributed by atoms with E-state index >= 15 is 0 Å². The topological polar surface area (TPSA) is 106 Å². The Morgan fingerprint density at radius 3 is 2.29 bits per heavy atom. The minimum Gasteiger partial charge on any atom is -0.462 e. The number of amides is 3. The molecule has 0 fully saturated rings. The lowest BCUT2D eigenvalue weighted by Crippen LogP contribution is -2.41. The van der Waals surface area contributed by atoms with Crippen LogP contribution in [0.4, 0.5) is 20.7 Å². The molecule has 0 aliphatic rings. The first-order valence-corrected chi connectivity index (χ1v) is 13.4. The van der Waals surface area contributed by atoms with Gasteiger partial charge < -0.3 is 20.3 Å². The number of unbranched alkanes of at least 4 members (excludes halogenated alkanes) is 1. The molecule has 1 heterocycles. The molecule has 0 unspecified atom stereocenters. The number of ether oxygens (including phenoxy) is 1. The maximum absolute atomic E-state index is 13.6. The molecule has 0 atom stereocenters. The van der Waals surface area contributed by atoms with E-state index < -0.39 is 17.9 Å². The maximum atomic E-state index is 13.6. The van der Waals surface area contributed by atoms with Gasteiger partial charge in [-0.3, -0.25) is 4.79 Å². The van der Waals surface area contributed by atoms with E-state index in [2.05, 4.69) is 15.7 Å². The van der Waals surface area contributed by atoms with Gasteiger partial charge in [-0.15, -0.1) is 0 Å². The van der Waals surface area contributed by atoms with Gasteiger partial charge in [-0.2, -0.15) is 5.10 Å². The summed E-state index contributed by atoms with van der Waals surface area (Å²) in [7, 11) is 0. The molecule has 212 valence electrons. The number of carbonyl (C=O) groups is 3. The van der Waals surface area contributed by atoms with E-state index in [0.717, 1.165) is 12.0 Å². The largest absolute Gasteiger partial charge is 0.462 e. The molecule has 0 aliphatic carbocycles. The number of carbonyl (C=O) groups excluding carboxylic acids is 3. The van der Waals surface area contributed by atoms with Crippen LogP contribution < -0.4 is 10.6 Å². The van der Waals surface area contributed by atoms with Crippen LogP contribution in [0.15, 0.2) is 84.9 Å². The third-order valence-corrected chi connectivity index (χ3v) is 6.17. The molecule has 0 aliphatic heterocycles. The predicted molar refractivity (Wildman–Crippen MR) is 155 cm³/mol. The maximum Gasteiger partial charge on any atom is 0.338 e. The summed E-state index contributed by atoms with van der Waals surface area (Å²) in [5.74, 6) is -0.868. The van der Waals surface area contributed by atoms with Crippen molar-refractivity contribution in [1.82, 2.24) is 14.7 Å². The molecule has 1 aromatic heterocycles. The van der Waals surface area contributed by atoms with Crippen LogP contribution in [0.3, 0.4) is 0 Å². The molecule has 3 amide bonds. The molecule has 4 rings (SSSR count). The Morgan fingerprint density at radius 2 is 1.63 bits per heavy atom. The molecular formula is C31H32FN5O4. The zero-order valence-corrected chi connectivity index (χ0v) is 23.0. The fourth-order valence-electron chi connectivity index (χ4n) is 4.06. The van der Waals surface area contributed by atoms with Gasteiger partial charge in [0.05, 0.1) is 23.6 Å². The summed E-state index contributed by atoms with van der Waals surface area (Å²) in [6, 6.07) is 22.9. The molecule has 0 saturated heterocycles. The first-order chi connectivity index (χ1) is 19.9. The molecule has 41 heavy (non-hydrogen) atoms. The fraction of sp³-hybridized carbons (Fsp3) is 0.226. The third kappa shape index (κ3) is 7.78. The first kappa shape index (κ1) is 29.0. The van der Waals surface area contributed by atoms with Gasteiger partial charge in [0.1, 0.15) is 18.2 Å². The highest BCUT2D eigenvalue weighted by atomic mass is 19.1. The van der Waals surface area contributed by atoms with Crippen molar-refractivity contribution in [2.24, 2.45) is 0 Å². The molecule has 0 spiro atoms. The zero-order valence-electron chi connectivity index (χ0n) is 23.0. The number of benzene rings is 3. The van der Waals surface area contributed by atoms with E-state index in [1.807, 2.05) is 37.3 Å². The first-order valence-electron chi connectivity index (χ1n) is 13.4. The monoisotopic (exact) mass is 557 g/mol. The van der Waals surface area contributed by atoms with E-state index in [9.17, 15) is 18.8 Å². The number of aromatic nitrogens is 2. The minimum absolute atomic E-state index is 0.206. The van der Waals surface area contributed by atoms with Gasteiger partial charge in [0.25, 0.3) is 0 Å². The third-order valence-electron chi connectivity index (χ3n) is 6.17. The standard InChI is InChI=1S/C31H32FN5O4/c1-3-5-19-36(31(40)33-25-15-11-23(12-16-25)30(39)41-4-2)21-29(38)34-28-20-27(22-9-7-6-8-10-22)35-37(28)26-17-13-24(32)14-18-26/h6-18,20H,3-5,19,21H2,1-2H3,(H,33,40)(H,34,38). The van der Waals surface area contributed by atoms with Gasteiger partial charge in [0.2, 0.25) is 5.91 Å². The lowest BCUT2D eigenvalue weighted by Gasteiger charge is -2.22. The van der Waals surface area contributed by atoms with Gasteiger partial charge in [0, 0.05) is 23.9 Å². The van der Waals surface area contributed by atoms with E-state index in [4.69, 9.17) is 4.74 Å². The van der Waals surface area contributed by atoms with Crippen LogP contribution >= 0.6 is 0 Å². The Bertz CT molecular complexity index is 1470.